The largest absolute Gasteiger partial charge is 0.507 e. The second-order valence-electron chi connectivity index (χ2n) is 8.92. The highest BCUT2D eigenvalue weighted by atomic mass is 35.5. The molecule has 182 valence electrons. The quantitative estimate of drug-likeness (QED) is 0.278. The van der Waals surface area contributed by atoms with Crippen molar-refractivity contribution < 1.29 is 14.7 Å². The standard InChI is InChI=1S/C28H25ClN4O3/c1-17-4-2-3-5-20(17)16-30-28(36)33-25(18-6-7-18)15-24(32-33)23-14-22(12-13-26(23)34)31-27(35)19-8-10-21(29)11-9-19/h2-5,8-15,18,34H,6-7,16H2,1H3,(H,30,36)(H,31,35). The number of aryl methyl sites for hydroxylation is 1. The number of anilines is 1. The number of carbonyl (C=O) groups is 2. The second-order valence-corrected chi connectivity index (χ2v) is 9.36. The van der Waals surface area contributed by atoms with Gasteiger partial charge in [0.2, 0.25) is 0 Å². The van der Waals surface area contributed by atoms with Gasteiger partial charge in [0.05, 0.1) is 11.4 Å². The van der Waals surface area contributed by atoms with Gasteiger partial charge >= 0.3 is 6.03 Å². The number of aromatic nitrogens is 2. The van der Waals surface area contributed by atoms with E-state index in [0.29, 0.717) is 34.1 Å². The van der Waals surface area contributed by atoms with Crippen LogP contribution in [-0.4, -0.2) is 26.8 Å². The summed E-state index contributed by atoms with van der Waals surface area (Å²) in [5.74, 6) is -0.0414. The highest BCUT2D eigenvalue weighted by Crippen LogP contribution is 2.42. The zero-order valence-corrected chi connectivity index (χ0v) is 20.4. The molecule has 0 atom stereocenters. The van der Waals surface area contributed by atoms with Crippen LogP contribution in [0.3, 0.4) is 0 Å². The van der Waals surface area contributed by atoms with E-state index in [1.165, 1.54) is 10.7 Å². The fourth-order valence-corrected chi connectivity index (χ4v) is 4.16. The van der Waals surface area contributed by atoms with Crippen LogP contribution in [0.1, 0.15) is 45.9 Å². The average molecular weight is 501 g/mol. The van der Waals surface area contributed by atoms with E-state index in [-0.39, 0.29) is 23.6 Å². The number of rotatable bonds is 6. The number of hydrogen-bond acceptors (Lipinski definition) is 4. The summed E-state index contributed by atoms with van der Waals surface area (Å²) >= 11 is 5.91. The number of nitrogens with one attached hydrogen (secondary N) is 2. The van der Waals surface area contributed by atoms with E-state index in [4.69, 9.17) is 11.6 Å². The lowest BCUT2D eigenvalue weighted by Gasteiger charge is -2.10. The fourth-order valence-electron chi connectivity index (χ4n) is 4.04. The Bertz CT molecular complexity index is 1440. The molecule has 7 nitrogen and oxygen atoms in total. The van der Waals surface area contributed by atoms with Gasteiger partial charge in [0, 0.05) is 34.3 Å². The Morgan fingerprint density at radius 2 is 1.81 bits per heavy atom. The second kappa shape index (κ2) is 9.87. The highest BCUT2D eigenvalue weighted by Gasteiger charge is 2.31. The van der Waals surface area contributed by atoms with Crippen LogP contribution in [0.15, 0.2) is 72.8 Å². The number of carbonyl (C=O) groups excluding carboxylic acids is 2. The van der Waals surface area contributed by atoms with E-state index in [9.17, 15) is 14.7 Å². The summed E-state index contributed by atoms with van der Waals surface area (Å²) in [6, 6.07) is 20.7. The van der Waals surface area contributed by atoms with Crippen LogP contribution >= 0.6 is 11.6 Å². The smallest absolute Gasteiger partial charge is 0.342 e. The van der Waals surface area contributed by atoms with E-state index in [1.807, 2.05) is 37.3 Å². The average Bonchev–Trinajstić information content (AvgIpc) is 3.63. The minimum atomic E-state index is -0.321. The minimum Gasteiger partial charge on any atom is -0.507 e. The number of aromatic hydroxyl groups is 1. The molecular weight excluding hydrogens is 476 g/mol. The van der Waals surface area contributed by atoms with Crippen LogP contribution in [0.25, 0.3) is 11.3 Å². The minimum absolute atomic E-state index is 0.00630. The molecule has 8 heteroatoms. The van der Waals surface area contributed by atoms with Crippen LogP contribution in [-0.2, 0) is 6.54 Å². The molecule has 0 aliphatic heterocycles. The molecule has 3 N–H and O–H groups in total. The van der Waals surface area contributed by atoms with Crippen molar-refractivity contribution in [3.05, 3.63) is 100 Å². The maximum Gasteiger partial charge on any atom is 0.342 e. The van der Waals surface area contributed by atoms with Gasteiger partial charge in [-0.1, -0.05) is 35.9 Å². The van der Waals surface area contributed by atoms with Crippen molar-refractivity contribution >= 4 is 29.2 Å². The molecule has 5 rings (SSSR count). The van der Waals surface area contributed by atoms with Crippen molar-refractivity contribution in [2.45, 2.75) is 32.2 Å². The Labute approximate surface area is 213 Å². The number of benzene rings is 3. The molecule has 0 radical (unpaired) electrons. The predicted molar refractivity (Wildman–Crippen MR) is 140 cm³/mol. The van der Waals surface area contributed by atoms with E-state index in [1.54, 1.807) is 36.4 Å². The molecule has 1 heterocycles. The lowest BCUT2D eigenvalue weighted by atomic mass is 10.1. The van der Waals surface area contributed by atoms with Crippen molar-refractivity contribution in [1.29, 1.82) is 0 Å². The molecule has 1 aromatic heterocycles. The molecule has 0 spiro atoms. The highest BCUT2D eigenvalue weighted by molar-refractivity contribution is 6.30. The van der Waals surface area contributed by atoms with E-state index in [0.717, 1.165) is 29.7 Å². The van der Waals surface area contributed by atoms with Gasteiger partial charge in [-0.2, -0.15) is 9.78 Å². The molecule has 1 fully saturated rings. The van der Waals surface area contributed by atoms with Gasteiger partial charge < -0.3 is 15.7 Å². The topological polar surface area (TPSA) is 96.3 Å². The summed E-state index contributed by atoms with van der Waals surface area (Å²) in [4.78, 5) is 25.7. The number of nitrogens with zero attached hydrogens (tertiary/aromatic N) is 2. The molecule has 2 amide bonds. The van der Waals surface area contributed by atoms with Crippen LogP contribution < -0.4 is 10.6 Å². The van der Waals surface area contributed by atoms with Crippen molar-refractivity contribution in [3.8, 4) is 17.0 Å². The molecule has 1 aliphatic rings. The number of phenolic OH excluding ortho intramolecular Hbond substituents is 1. The number of phenols is 1. The summed E-state index contributed by atoms with van der Waals surface area (Å²) in [5, 5.41) is 21.4. The van der Waals surface area contributed by atoms with Crippen LogP contribution in [0, 0.1) is 6.92 Å². The van der Waals surface area contributed by atoms with E-state index in [2.05, 4.69) is 15.7 Å². The SMILES string of the molecule is Cc1ccccc1CNC(=O)n1nc(-c2cc(NC(=O)c3ccc(Cl)cc3)ccc2O)cc1C1CC1. The summed E-state index contributed by atoms with van der Waals surface area (Å²) in [6.07, 6.45) is 1.97. The zero-order chi connectivity index (χ0) is 25.2. The monoisotopic (exact) mass is 500 g/mol. The third-order valence-electron chi connectivity index (χ3n) is 6.25. The van der Waals surface area contributed by atoms with Gasteiger partial charge in [-0.3, -0.25) is 4.79 Å². The first-order chi connectivity index (χ1) is 17.4. The Morgan fingerprint density at radius 3 is 2.53 bits per heavy atom. The predicted octanol–water partition coefficient (Wildman–Crippen LogP) is 6.11. The van der Waals surface area contributed by atoms with Gasteiger partial charge in [-0.25, -0.2) is 4.79 Å². The Kier molecular flexibility index (Phi) is 6.48. The Morgan fingerprint density at radius 1 is 1.06 bits per heavy atom. The van der Waals surface area contributed by atoms with Crippen molar-refractivity contribution in [1.82, 2.24) is 15.1 Å². The van der Waals surface area contributed by atoms with Crippen LogP contribution in [0.4, 0.5) is 10.5 Å². The Balaban J connectivity index is 1.39. The van der Waals surface area contributed by atoms with Crippen LogP contribution in [0.5, 0.6) is 5.75 Å². The molecule has 1 aliphatic carbocycles. The van der Waals surface area contributed by atoms with Gasteiger partial charge in [0.25, 0.3) is 5.91 Å². The Hall–Kier alpha value is -4.10. The number of amides is 2. The van der Waals surface area contributed by atoms with Gasteiger partial charge in [0.15, 0.2) is 0 Å². The van der Waals surface area contributed by atoms with E-state index < -0.39 is 0 Å². The zero-order valence-electron chi connectivity index (χ0n) is 19.7. The normalized spacial score (nSPS) is 12.8. The molecule has 1 saturated carbocycles. The summed E-state index contributed by atoms with van der Waals surface area (Å²) in [6.45, 7) is 2.40. The van der Waals surface area contributed by atoms with Gasteiger partial charge in [-0.05, 0) is 79.4 Å². The number of halogens is 1. The maximum atomic E-state index is 13.1. The number of hydrogen-bond donors (Lipinski definition) is 3. The molecule has 36 heavy (non-hydrogen) atoms. The van der Waals surface area contributed by atoms with Gasteiger partial charge in [-0.15, -0.1) is 0 Å². The first-order valence-electron chi connectivity index (χ1n) is 11.7. The van der Waals surface area contributed by atoms with Crippen LogP contribution in [0.2, 0.25) is 5.02 Å². The van der Waals surface area contributed by atoms with Crippen molar-refractivity contribution in [2.75, 3.05) is 5.32 Å². The molecule has 3 aromatic carbocycles. The van der Waals surface area contributed by atoms with E-state index >= 15 is 0 Å². The fraction of sp³-hybridized carbons (Fsp3) is 0.179. The third kappa shape index (κ3) is 5.11. The molecule has 4 aromatic rings. The maximum absolute atomic E-state index is 13.1. The van der Waals surface area contributed by atoms with Gasteiger partial charge in [0.1, 0.15) is 5.75 Å². The summed E-state index contributed by atoms with van der Waals surface area (Å²) < 4.78 is 1.39. The summed E-state index contributed by atoms with van der Waals surface area (Å²) in [7, 11) is 0. The van der Waals surface area contributed by atoms with Crippen molar-refractivity contribution in [2.24, 2.45) is 0 Å². The lowest BCUT2D eigenvalue weighted by molar-refractivity contribution is 0.102. The van der Waals surface area contributed by atoms with Crippen molar-refractivity contribution in [3.63, 3.8) is 0 Å². The molecule has 0 saturated heterocycles. The molecule has 0 bridgehead atoms. The molecule has 0 unspecified atom stereocenters. The first-order valence-corrected chi connectivity index (χ1v) is 12.1. The summed E-state index contributed by atoms with van der Waals surface area (Å²) in [5.41, 5.74) is 4.78. The lowest BCUT2D eigenvalue weighted by Crippen LogP contribution is -2.30. The third-order valence-corrected chi connectivity index (χ3v) is 6.50. The first kappa shape index (κ1) is 23.6. The molecular formula is C28H25ClN4O3.